The van der Waals surface area contributed by atoms with Crippen molar-refractivity contribution in [3.8, 4) is 5.75 Å². The first-order valence-electron chi connectivity index (χ1n) is 5.16. The Morgan fingerprint density at radius 2 is 1.94 bits per heavy atom. The van der Waals surface area contributed by atoms with Gasteiger partial charge in [0.25, 0.3) is 0 Å². The second-order valence-corrected chi connectivity index (χ2v) is 3.91. The van der Waals surface area contributed by atoms with Crippen LogP contribution in [0.15, 0.2) is 24.3 Å². The summed E-state index contributed by atoms with van der Waals surface area (Å²) in [6.45, 7) is 0.671. The maximum Gasteiger partial charge on any atom is 0.119 e. The van der Waals surface area contributed by atoms with Crippen LogP contribution in [0.1, 0.15) is 5.56 Å². The van der Waals surface area contributed by atoms with E-state index in [1.165, 1.54) is 5.56 Å². The third-order valence-electron chi connectivity index (χ3n) is 2.61. The summed E-state index contributed by atoms with van der Waals surface area (Å²) in [5.41, 5.74) is 6.98. The Bertz CT molecular complexity index is 308. The Labute approximate surface area is 116 Å². The zero-order chi connectivity index (χ0) is 11.3. The second kappa shape index (κ2) is 9.54. The smallest absolute Gasteiger partial charge is 0.119 e. The highest BCUT2D eigenvalue weighted by Gasteiger charge is 2.10. The lowest BCUT2D eigenvalue weighted by Crippen LogP contribution is -2.36. The fourth-order valence-electron chi connectivity index (χ4n) is 1.55. The zero-order valence-electron chi connectivity index (χ0n) is 10.6. The molecular weight excluding hydrogens is 259 g/mol. The van der Waals surface area contributed by atoms with Crippen molar-refractivity contribution in [2.45, 2.75) is 12.5 Å². The number of likely N-dealkylation sites (N-methyl/N-ethyl adjacent to an activating group) is 1. The number of hydrogen-bond acceptors (Lipinski definition) is 3. The van der Waals surface area contributed by atoms with Gasteiger partial charge in [-0.2, -0.15) is 0 Å². The molecule has 5 heteroatoms. The predicted octanol–water partition coefficient (Wildman–Crippen LogP) is 1.97. The van der Waals surface area contributed by atoms with Crippen LogP contribution >= 0.6 is 24.8 Å². The van der Waals surface area contributed by atoms with Crippen molar-refractivity contribution < 1.29 is 4.74 Å². The summed E-state index contributed by atoms with van der Waals surface area (Å²) < 4.78 is 5.19. The molecule has 0 bridgehead atoms. The summed E-state index contributed by atoms with van der Waals surface area (Å²) in [5, 5.41) is 0. The van der Waals surface area contributed by atoms with E-state index < -0.39 is 0 Å². The summed E-state index contributed by atoms with van der Waals surface area (Å²) >= 11 is 0. The van der Waals surface area contributed by atoms with Crippen LogP contribution in [0.2, 0.25) is 0 Å². The van der Waals surface area contributed by atoms with E-state index in [1.54, 1.807) is 7.11 Å². The number of methoxy groups -OCH3 is 1. The van der Waals surface area contributed by atoms with Crippen LogP contribution in [0.25, 0.3) is 0 Å². The highest BCUT2D eigenvalue weighted by Crippen LogP contribution is 2.14. The highest BCUT2D eigenvalue weighted by molar-refractivity contribution is 5.85. The normalized spacial score (nSPS) is 11.4. The molecule has 0 aromatic heterocycles. The molecule has 1 atom stereocenters. The topological polar surface area (TPSA) is 38.5 Å². The van der Waals surface area contributed by atoms with E-state index in [0.717, 1.165) is 12.2 Å². The van der Waals surface area contributed by atoms with Gasteiger partial charge in [-0.25, -0.2) is 0 Å². The third-order valence-corrected chi connectivity index (χ3v) is 2.61. The van der Waals surface area contributed by atoms with Gasteiger partial charge in [0, 0.05) is 12.6 Å². The number of halogens is 2. The van der Waals surface area contributed by atoms with Crippen molar-refractivity contribution in [2.24, 2.45) is 5.73 Å². The molecule has 1 rings (SSSR count). The fourth-order valence-corrected chi connectivity index (χ4v) is 1.55. The van der Waals surface area contributed by atoms with Crippen LogP contribution < -0.4 is 10.5 Å². The summed E-state index contributed by atoms with van der Waals surface area (Å²) in [5.74, 6) is 0.905. The van der Waals surface area contributed by atoms with Crippen molar-refractivity contribution >= 4 is 24.8 Å². The Morgan fingerprint density at radius 1 is 1.29 bits per heavy atom. The lowest BCUT2D eigenvalue weighted by Gasteiger charge is -2.22. The zero-order valence-corrected chi connectivity index (χ0v) is 12.2. The van der Waals surface area contributed by atoms with Gasteiger partial charge in [0.15, 0.2) is 0 Å². The quantitative estimate of drug-likeness (QED) is 0.896. The van der Waals surface area contributed by atoms with Crippen LogP contribution in [0.4, 0.5) is 0 Å². The molecule has 0 saturated heterocycles. The molecule has 0 fully saturated rings. The average molecular weight is 281 g/mol. The van der Waals surface area contributed by atoms with Gasteiger partial charge < -0.3 is 15.4 Å². The molecule has 0 radical (unpaired) electrons. The van der Waals surface area contributed by atoms with Crippen molar-refractivity contribution in [1.29, 1.82) is 0 Å². The number of rotatable bonds is 5. The molecule has 0 aliphatic heterocycles. The number of nitrogens with zero attached hydrogens (tertiary/aromatic N) is 1. The first-order valence-corrected chi connectivity index (χ1v) is 5.16. The van der Waals surface area contributed by atoms with Crippen molar-refractivity contribution in [2.75, 3.05) is 27.7 Å². The minimum absolute atomic E-state index is 0. The van der Waals surface area contributed by atoms with E-state index >= 15 is 0 Å². The molecule has 1 aromatic carbocycles. The van der Waals surface area contributed by atoms with Gasteiger partial charge in [0.05, 0.1) is 7.11 Å². The highest BCUT2D eigenvalue weighted by atomic mass is 35.5. The minimum atomic E-state index is 0. The molecule has 0 spiro atoms. The summed E-state index contributed by atoms with van der Waals surface area (Å²) in [4.78, 5) is 2.15. The van der Waals surface area contributed by atoms with Gasteiger partial charge in [-0.05, 0) is 38.2 Å². The predicted molar refractivity (Wildman–Crippen MR) is 77.7 cm³/mol. The van der Waals surface area contributed by atoms with Gasteiger partial charge in [0.2, 0.25) is 0 Å². The van der Waals surface area contributed by atoms with Gasteiger partial charge in [0.1, 0.15) is 5.75 Å². The SMILES string of the molecule is COc1cccc(C[C@H](CN)N(C)C)c1.Cl.Cl. The first kappa shape index (κ1) is 18.9. The maximum atomic E-state index is 5.72. The average Bonchev–Trinajstić information content (AvgIpc) is 2.25. The van der Waals surface area contributed by atoms with Gasteiger partial charge in [-0.3, -0.25) is 0 Å². The van der Waals surface area contributed by atoms with Crippen molar-refractivity contribution in [1.82, 2.24) is 4.90 Å². The van der Waals surface area contributed by atoms with Crippen LogP contribution in [0.3, 0.4) is 0 Å². The van der Waals surface area contributed by atoms with E-state index in [9.17, 15) is 0 Å². The Morgan fingerprint density at radius 3 is 2.41 bits per heavy atom. The Kier molecular flexibility index (Phi) is 10.6. The molecule has 1 aromatic rings. The maximum absolute atomic E-state index is 5.72. The molecule has 0 heterocycles. The molecule has 17 heavy (non-hydrogen) atoms. The number of hydrogen-bond donors (Lipinski definition) is 1. The van der Waals surface area contributed by atoms with Crippen molar-refractivity contribution in [3.63, 3.8) is 0 Å². The van der Waals surface area contributed by atoms with E-state index in [4.69, 9.17) is 10.5 Å². The van der Waals surface area contributed by atoms with E-state index in [2.05, 4.69) is 31.1 Å². The molecule has 0 unspecified atom stereocenters. The molecule has 0 amide bonds. The standard InChI is InChI=1S/C12H20N2O.2ClH/c1-14(2)11(9-13)7-10-5-4-6-12(8-10)15-3;;/h4-6,8,11H,7,9,13H2,1-3H3;2*1H/t11-;;/m1../s1. The summed E-state index contributed by atoms with van der Waals surface area (Å²) in [6, 6.07) is 8.52. The molecule has 100 valence electrons. The fraction of sp³-hybridized carbons (Fsp3) is 0.500. The molecular formula is C12H22Cl2N2O. The van der Waals surface area contributed by atoms with E-state index in [-0.39, 0.29) is 24.8 Å². The largest absolute Gasteiger partial charge is 0.497 e. The van der Waals surface area contributed by atoms with Crippen molar-refractivity contribution in [3.05, 3.63) is 29.8 Å². The molecule has 2 N–H and O–H groups in total. The molecule has 0 aliphatic carbocycles. The third kappa shape index (κ3) is 6.13. The molecule has 0 aliphatic rings. The Balaban J connectivity index is 0. The molecule has 3 nitrogen and oxygen atoms in total. The van der Waals surface area contributed by atoms with E-state index in [1.807, 2.05) is 12.1 Å². The second-order valence-electron chi connectivity index (χ2n) is 3.91. The van der Waals surface area contributed by atoms with Gasteiger partial charge in [-0.15, -0.1) is 24.8 Å². The molecule has 0 saturated carbocycles. The Hall–Kier alpha value is -0.480. The number of benzene rings is 1. The van der Waals surface area contributed by atoms with Crippen LogP contribution in [0, 0.1) is 0 Å². The summed E-state index contributed by atoms with van der Waals surface area (Å²) in [6.07, 6.45) is 0.959. The van der Waals surface area contributed by atoms with Crippen LogP contribution in [-0.4, -0.2) is 38.7 Å². The monoisotopic (exact) mass is 280 g/mol. The lowest BCUT2D eigenvalue weighted by molar-refractivity contribution is 0.297. The first-order chi connectivity index (χ1) is 7.17. The van der Waals surface area contributed by atoms with Gasteiger partial charge in [-0.1, -0.05) is 12.1 Å². The number of nitrogens with two attached hydrogens (primary N) is 1. The van der Waals surface area contributed by atoms with Crippen LogP contribution in [0.5, 0.6) is 5.75 Å². The van der Waals surface area contributed by atoms with E-state index in [0.29, 0.717) is 12.6 Å². The minimum Gasteiger partial charge on any atom is -0.497 e. The number of ether oxygens (including phenoxy) is 1. The van der Waals surface area contributed by atoms with Crippen LogP contribution in [-0.2, 0) is 6.42 Å². The lowest BCUT2D eigenvalue weighted by atomic mass is 10.1. The summed E-state index contributed by atoms with van der Waals surface area (Å²) in [7, 11) is 5.79. The van der Waals surface area contributed by atoms with Gasteiger partial charge >= 0.3 is 0 Å².